The zero-order valence-corrected chi connectivity index (χ0v) is 18.3. The standard InChI is InChI=1S/C20H19ClN4O3S2/c21-14-3-5-15(6-4-14)28-12-17-23-24-20(30-17)22-18(26)13-7-9-25(10-8-13)19(27)16-2-1-11-29-16/h1-6,11,13H,7-10,12H2,(H,22,24,26). The average molecular weight is 463 g/mol. The van der Waals surface area contributed by atoms with Crippen molar-refractivity contribution in [1.82, 2.24) is 15.1 Å². The van der Waals surface area contributed by atoms with Crippen molar-refractivity contribution in [3.8, 4) is 5.75 Å². The lowest BCUT2D eigenvalue weighted by atomic mass is 9.96. The fourth-order valence-corrected chi connectivity index (χ4v) is 4.62. The number of rotatable bonds is 6. The van der Waals surface area contributed by atoms with Gasteiger partial charge in [0.1, 0.15) is 12.4 Å². The predicted octanol–water partition coefficient (Wildman–Crippen LogP) is 4.32. The molecule has 0 unspecified atom stereocenters. The van der Waals surface area contributed by atoms with Crippen LogP contribution in [-0.2, 0) is 11.4 Å². The van der Waals surface area contributed by atoms with Gasteiger partial charge < -0.3 is 15.0 Å². The Morgan fingerprint density at radius 2 is 1.93 bits per heavy atom. The van der Waals surface area contributed by atoms with Gasteiger partial charge in [0, 0.05) is 24.0 Å². The molecular formula is C20H19ClN4O3S2. The van der Waals surface area contributed by atoms with Gasteiger partial charge in [-0.05, 0) is 48.6 Å². The van der Waals surface area contributed by atoms with Gasteiger partial charge in [0.25, 0.3) is 5.91 Å². The number of amides is 2. The minimum Gasteiger partial charge on any atom is -0.486 e. The van der Waals surface area contributed by atoms with Crippen LogP contribution in [0.3, 0.4) is 0 Å². The summed E-state index contributed by atoms with van der Waals surface area (Å²) in [5, 5.41) is 14.6. The van der Waals surface area contributed by atoms with Crippen molar-refractivity contribution in [2.24, 2.45) is 5.92 Å². The van der Waals surface area contributed by atoms with E-state index in [0.29, 0.717) is 46.8 Å². The van der Waals surface area contributed by atoms with E-state index in [1.807, 2.05) is 22.4 Å². The molecule has 0 saturated carbocycles. The molecule has 7 nitrogen and oxygen atoms in total. The van der Waals surface area contributed by atoms with E-state index in [4.69, 9.17) is 16.3 Å². The number of nitrogens with zero attached hydrogens (tertiary/aromatic N) is 3. The first kappa shape index (κ1) is 20.8. The fraction of sp³-hybridized carbons (Fsp3) is 0.300. The topological polar surface area (TPSA) is 84.4 Å². The fourth-order valence-electron chi connectivity index (χ4n) is 3.15. The number of benzene rings is 1. The number of carbonyl (C=O) groups excluding carboxylic acids is 2. The number of ether oxygens (including phenoxy) is 1. The highest BCUT2D eigenvalue weighted by Gasteiger charge is 2.28. The third-order valence-corrected chi connectivity index (χ3v) is 6.68. The summed E-state index contributed by atoms with van der Waals surface area (Å²) in [5.41, 5.74) is 0. The zero-order chi connectivity index (χ0) is 20.9. The average Bonchev–Trinajstić information content (AvgIpc) is 3.45. The molecule has 3 heterocycles. The first-order valence-corrected chi connectivity index (χ1v) is 11.5. The van der Waals surface area contributed by atoms with Crippen LogP contribution in [0.1, 0.15) is 27.5 Å². The summed E-state index contributed by atoms with van der Waals surface area (Å²) in [5.74, 6) is 0.497. The molecule has 1 fully saturated rings. The summed E-state index contributed by atoms with van der Waals surface area (Å²) in [6.45, 7) is 1.41. The molecule has 2 amide bonds. The molecule has 1 N–H and O–H groups in total. The van der Waals surface area contributed by atoms with Crippen molar-refractivity contribution in [1.29, 1.82) is 0 Å². The number of likely N-dealkylation sites (tertiary alicyclic amines) is 1. The summed E-state index contributed by atoms with van der Waals surface area (Å²) < 4.78 is 5.65. The lowest BCUT2D eigenvalue weighted by Gasteiger charge is -2.30. The SMILES string of the molecule is O=C(Nc1nnc(COc2ccc(Cl)cc2)s1)C1CCN(C(=O)c2cccs2)CC1. The van der Waals surface area contributed by atoms with E-state index in [-0.39, 0.29) is 24.3 Å². The van der Waals surface area contributed by atoms with Crippen LogP contribution in [0.4, 0.5) is 5.13 Å². The molecule has 0 bridgehead atoms. The maximum absolute atomic E-state index is 12.6. The van der Waals surface area contributed by atoms with E-state index in [0.717, 1.165) is 4.88 Å². The van der Waals surface area contributed by atoms with Crippen LogP contribution in [0.5, 0.6) is 5.75 Å². The highest BCUT2D eigenvalue weighted by atomic mass is 35.5. The Morgan fingerprint density at radius 1 is 1.17 bits per heavy atom. The first-order chi connectivity index (χ1) is 14.6. The van der Waals surface area contributed by atoms with Gasteiger partial charge in [0.05, 0.1) is 4.88 Å². The number of thiophene rings is 1. The molecule has 3 aromatic rings. The maximum atomic E-state index is 12.6. The number of carbonyl (C=O) groups is 2. The number of hydrogen-bond donors (Lipinski definition) is 1. The summed E-state index contributed by atoms with van der Waals surface area (Å²) in [6.07, 6.45) is 1.27. The largest absolute Gasteiger partial charge is 0.486 e. The zero-order valence-electron chi connectivity index (χ0n) is 15.9. The van der Waals surface area contributed by atoms with Gasteiger partial charge in [-0.15, -0.1) is 21.5 Å². The molecule has 156 valence electrons. The van der Waals surface area contributed by atoms with Crippen LogP contribution in [0.2, 0.25) is 5.02 Å². The normalized spacial score (nSPS) is 14.5. The van der Waals surface area contributed by atoms with E-state index < -0.39 is 0 Å². The lowest BCUT2D eigenvalue weighted by molar-refractivity contribution is -0.121. The Hall–Kier alpha value is -2.49. The van der Waals surface area contributed by atoms with Crippen molar-refractivity contribution in [2.75, 3.05) is 18.4 Å². The van der Waals surface area contributed by atoms with Gasteiger partial charge in [-0.25, -0.2) is 0 Å². The Balaban J connectivity index is 1.24. The second-order valence-corrected chi connectivity index (χ2v) is 9.22. The highest BCUT2D eigenvalue weighted by Crippen LogP contribution is 2.24. The van der Waals surface area contributed by atoms with Crippen LogP contribution in [0.15, 0.2) is 41.8 Å². The monoisotopic (exact) mass is 462 g/mol. The third-order valence-electron chi connectivity index (χ3n) is 4.76. The minimum absolute atomic E-state index is 0.0401. The molecule has 1 aliphatic heterocycles. The minimum atomic E-state index is -0.143. The van der Waals surface area contributed by atoms with Crippen molar-refractivity contribution >= 4 is 51.2 Å². The van der Waals surface area contributed by atoms with Crippen molar-refractivity contribution in [3.63, 3.8) is 0 Å². The van der Waals surface area contributed by atoms with E-state index in [1.54, 1.807) is 24.3 Å². The van der Waals surface area contributed by atoms with Gasteiger partial charge in [0.15, 0.2) is 5.01 Å². The second kappa shape index (κ2) is 9.55. The van der Waals surface area contributed by atoms with Gasteiger partial charge in [-0.1, -0.05) is 29.0 Å². The molecule has 4 rings (SSSR count). The molecule has 30 heavy (non-hydrogen) atoms. The highest BCUT2D eigenvalue weighted by molar-refractivity contribution is 7.15. The first-order valence-electron chi connectivity index (χ1n) is 9.43. The van der Waals surface area contributed by atoms with E-state index >= 15 is 0 Å². The quantitative estimate of drug-likeness (QED) is 0.589. The molecule has 10 heteroatoms. The Labute approximate surface area is 186 Å². The predicted molar refractivity (Wildman–Crippen MR) is 117 cm³/mol. The summed E-state index contributed by atoms with van der Waals surface area (Å²) >= 11 is 8.58. The second-order valence-electron chi connectivity index (χ2n) is 6.78. The van der Waals surface area contributed by atoms with Crippen LogP contribution in [0, 0.1) is 5.92 Å². The van der Waals surface area contributed by atoms with Gasteiger partial charge >= 0.3 is 0 Å². The van der Waals surface area contributed by atoms with E-state index in [1.165, 1.54) is 22.7 Å². The number of piperidine rings is 1. The molecule has 0 aliphatic carbocycles. The van der Waals surface area contributed by atoms with E-state index in [9.17, 15) is 9.59 Å². The smallest absolute Gasteiger partial charge is 0.263 e. The third kappa shape index (κ3) is 5.16. The number of anilines is 1. The van der Waals surface area contributed by atoms with E-state index in [2.05, 4.69) is 15.5 Å². The molecule has 2 aromatic heterocycles. The maximum Gasteiger partial charge on any atom is 0.263 e. The molecule has 1 saturated heterocycles. The Kier molecular flexibility index (Phi) is 6.61. The number of halogens is 1. The summed E-state index contributed by atoms with van der Waals surface area (Å²) in [4.78, 5) is 27.5. The molecule has 0 spiro atoms. The van der Waals surface area contributed by atoms with Crippen LogP contribution in [0.25, 0.3) is 0 Å². The summed E-state index contributed by atoms with van der Waals surface area (Å²) in [7, 11) is 0. The number of aromatic nitrogens is 2. The Bertz CT molecular complexity index is 1000. The van der Waals surface area contributed by atoms with Crippen molar-refractivity contribution in [3.05, 3.63) is 56.7 Å². The van der Waals surface area contributed by atoms with Gasteiger partial charge in [0.2, 0.25) is 11.0 Å². The molecular weight excluding hydrogens is 444 g/mol. The molecule has 1 aliphatic rings. The molecule has 1 aromatic carbocycles. The number of hydrogen-bond acceptors (Lipinski definition) is 7. The lowest BCUT2D eigenvalue weighted by Crippen LogP contribution is -2.41. The summed E-state index contributed by atoms with van der Waals surface area (Å²) in [6, 6.07) is 10.8. The van der Waals surface area contributed by atoms with Crippen LogP contribution >= 0.6 is 34.3 Å². The van der Waals surface area contributed by atoms with Gasteiger partial charge in [-0.3, -0.25) is 9.59 Å². The Morgan fingerprint density at radius 3 is 2.63 bits per heavy atom. The number of nitrogens with one attached hydrogen (secondary N) is 1. The van der Waals surface area contributed by atoms with Gasteiger partial charge in [-0.2, -0.15) is 0 Å². The molecule has 0 radical (unpaired) electrons. The van der Waals surface area contributed by atoms with Crippen LogP contribution in [-0.4, -0.2) is 40.0 Å². The van der Waals surface area contributed by atoms with Crippen LogP contribution < -0.4 is 10.1 Å². The van der Waals surface area contributed by atoms with Crippen molar-refractivity contribution in [2.45, 2.75) is 19.4 Å². The molecule has 0 atom stereocenters. The van der Waals surface area contributed by atoms with Crippen molar-refractivity contribution < 1.29 is 14.3 Å².